The van der Waals surface area contributed by atoms with E-state index in [2.05, 4.69) is 16.0 Å². The van der Waals surface area contributed by atoms with E-state index in [4.69, 9.17) is 4.98 Å². The van der Waals surface area contributed by atoms with Crippen molar-refractivity contribution in [2.24, 2.45) is 11.3 Å². The van der Waals surface area contributed by atoms with Crippen molar-refractivity contribution in [3.63, 3.8) is 0 Å². The first-order valence-corrected chi connectivity index (χ1v) is 15.9. The first-order chi connectivity index (χ1) is 21.6. The van der Waals surface area contributed by atoms with E-state index in [1.807, 2.05) is 22.9 Å². The fourth-order valence-corrected chi connectivity index (χ4v) is 8.25. The average molecular weight is 629 g/mol. The normalized spacial score (nSPS) is 22.9. The van der Waals surface area contributed by atoms with Gasteiger partial charge in [0.25, 0.3) is 0 Å². The summed E-state index contributed by atoms with van der Waals surface area (Å²) in [4.78, 5) is 28.3. The van der Waals surface area contributed by atoms with Crippen LogP contribution in [0.3, 0.4) is 0 Å². The van der Waals surface area contributed by atoms with Crippen molar-refractivity contribution >= 4 is 44.7 Å². The molecule has 0 radical (unpaired) electrons. The van der Waals surface area contributed by atoms with Crippen LogP contribution in [-0.4, -0.2) is 70.3 Å². The molecular formula is C33H30F2N6O3S. The molecule has 230 valence electrons. The summed E-state index contributed by atoms with van der Waals surface area (Å²) in [6.07, 6.45) is 0.950. The molecule has 45 heavy (non-hydrogen) atoms. The molecule has 4 heterocycles. The van der Waals surface area contributed by atoms with Crippen LogP contribution >= 0.6 is 11.3 Å². The van der Waals surface area contributed by atoms with Gasteiger partial charge in [-0.25, -0.2) is 18.7 Å². The van der Waals surface area contributed by atoms with Crippen LogP contribution in [0.5, 0.6) is 0 Å². The Hall–Kier alpha value is -4.18. The number of aliphatic hydroxyl groups excluding tert-OH is 2. The highest BCUT2D eigenvalue weighted by Gasteiger charge is 2.54. The number of nitriles is 1. The number of likely N-dealkylation sites (tertiary alicyclic amines) is 1. The quantitative estimate of drug-likeness (QED) is 0.328. The standard InChI is InChI=1S/C33H30F2N6O3S/c1-39(32-38-27(26(12-36)45-32)17-2-4-19(34)5-3-17)30-22-6-7-25(43)29(22)37-28-23(30)10-20(11-24(28)35)40-13-33(14-40)15-41(16-33)31(44)18-8-21(42)9-18/h2-5,10-11,18,21,25,42-43H,6-9,13-16H2,1H3. The van der Waals surface area contributed by atoms with Gasteiger partial charge in [0, 0.05) is 66.8 Å². The van der Waals surface area contributed by atoms with Crippen LogP contribution < -0.4 is 9.80 Å². The third-order valence-electron chi connectivity index (χ3n) is 9.82. The minimum atomic E-state index is -0.806. The van der Waals surface area contributed by atoms with E-state index in [9.17, 15) is 24.7 Å². The Bertz CT molecular complexity index is 1900. The van der Waals surface area contributed by atoms with Crippen LogP contribution in [-0.2, 0) is 11.2 Å². The number of rotatable bonds is 5. The molecule has 4 aliphatic rings. The summed E-state index contributed by atoms with van der Waals surface area (Å²) in [5, 5.41) is 31.3. The third-order valence-corrected chi connectivity index (χ3v) is 10.9. The van der Waals surface area contributed by atoms with Gasteiger partial charge in [0.1, 0.15) is 28.0 Å². The molecular weight excluding hydrogens is 598 g/mol. The highest BCUT2D eigenvalue weighted by atomic mass is 32.1. The van der Waals surface area contributed by atoms with Crippen molar-refractivity contribution in [1.82, 2.24) is 14.9 Å². The number of carbonyl (C=O) groups is 1. The minimum Gasteiger partial charge on any atom is -0.393 e. The maximum Gasteiger partial charge on any atom is 0.225 e. The second kappa shape index (κ2) is 10.2. The van der Waals surface area contributed by atoms with Gasteiger partial charge in [0.05, 0.1) is 23.6 Å². The summed E-state index contributed by atoms with van der Waals surface area (Å²) in [5.74, 6) is -0.816. The molecule has 1 atom stereocenters. The zero-order valence-electron chi connectivity index (χ0n) is 24.5. The molecule has 12 heteroatoms. The predicted octanol–water partition coefficient (Wildman–Crippen LogP) is 4.68. The van der Waals surface area contributed by atoms with Gasteiger partial charge in [0.2, 0.25) is 5.91 Å². The van der Waals surface area contributed by atoms with E-state index in [-0.39, 0.29) is 34.7 Å². The molecule has 1 unspecified atom stereocenters. The van der Waals surface area contributed by atoms with E-state index in [1.54, 1.807) is 12.1 Å². The van der Waals surface area contributed by atoms with E-state index >= 15 is 4.39 Å². The molecule has 1 spiro atoms. The average Bonchev–Trinajstić information content (AvgIpc) is 3.57. The Kier molecular flexibility index (Phi) is 6.40. The summed E-state index contributed by atoms with van der Waals surface area (Å²) in [6.45, 7) is 2.76. The van der Waals surface area contributed by atoms with Crippen molar-refractivity contribution in [3.05, 3.63) is 64.2 Å². The van der Waals surface area contributed by atoms with Crippen molar-refractivity contribution in [1.29, 1.82) is 5.26 Å². The summed E-state index contributed by atoms with van der Waals surface area (Å²) in [5.41, 5.74) is 3.90. The number of aromatic nitrogens is 2. The summed E-state index contributed by atoms with van der Waals surface area (Å²) >= 11 is 1.19. The van der Waals surface area contributed by atoms with E-state index in [0.717, 1.165) is 11.3 Å². The van der Waals surface area contributed by atoms with Gasteiger partial charge in [0.15, 0.2) is 10.9 Å². The highest BCUT2D eigenvalue weighted by molar-refractivity contribution is 7.16. The Labute approximate surface area is 262 Å². The minimum absolute atomic E-state index is 0.00525. The number of anilines is 3. The van der Waals surface area contributed by atoms with Gasteiger partial charge in [-0.3, -0.25) is 4.79 Å². The van der Waals surface area contributed by atoms with Crippen molar-refractivity contribution in [2.75, 3.05) is 43.0 Å². The maximum atomic E-state index is 15.9. The lowest BCUT2D eigenvalue weighted by Gasteiger charge is -2.61. The Balaban J connectivity index is 1.12. The van der Waals surface area contributed by atoms with Crippen molar-refractivity contribution in [3.8, 4) is 17.3 Å². The zero-order valence-corrected chi connectivity index (χ0v) is 25.3. The van der Waals surface area contributed by atoms with Crippen LogP contribution in [0.4, 0.5) is 25.3 Å². The molecule has 8 rings (SSSR count). The molecule has 0 bridgehead atoms. The highest BCUT2D eigenvalue weighted by Crippen LogP contribution is 2.48. The molecule has 4 aromatic rings. The Morgan fingerprint density at radius 1 is 1.11 bits per heavy atom. The second-order valence-electron chi connectivity index (χ2n) is 12.9. The van der Waals surface area contributed by atoms with Gasteiger partial charge in [-0.2, -0.15) is 5.26 Å². The second-order valence-corrected chi connectivity index (χ2v) is 13.9. The number of nitrogens with zero attached hydrogens (tertiary/aromatic N) is 6. The SMILES string of the molecule is CN(c1nc(-c2ccc(F)cc2)c(C#N)s1)c1c2c(nc3c(F)cc(N4CC5(CN(C(=O)C6CC(O)C6)C5)C4)cc13)C(O)CC2. The van der Waals surface area contributed by atoms with Crippen LogP contribution in [0.2, 0.25) is 0 Å². The third kappa shape index (κ3) is 4.47. The number of hydrogen-bond acceptors (Lipinski definition) is 9. The summed E-state index contributed by atoms with van der Waals surface area (Å²) in [6, 6.07) is 11.4. The lowest BCUT2D eigenvalue weighted by atomic mass is 9.71. The topological polar surface area (TPSA) is 117 Å². The van der Waals surface area contributed by atoms with Crippen LogP contribution in [0.25, 0.3) is 22.2 Å². The summed E-state index contributed by atoms with van der Waals surface area (Å²) < 4.78 is 29.5. The van der Waals surface area contributed by atoms with Gasteiger partial charge >= 0.3 is 0 Å². The Morgan fingerprint density at radius 3 is 2.53 bits per heavy atom. The number of halogens is 2. The number of hydrogen-bond donors (Lipinski definition) is 2. The molecule has 9 nitrogen and oxygen atoms in total. The van der Waals surface area contributed by atoms with Gasteiger partial charge in [-0.05, 0) is 62.1 Å². The van der Waals surface area contributed by atoms with Crippen molar-refractivity contribution in [2.45, 2.75) is 37.9 Å². The molecule has 2 aliphatic heterocycles. The molecule has 2 aromatic carbocycles. The number of amides is 1. The molecule has 3 fully saturated rings. The number of pyridine rings is 1. The lowest BCUT2D eigenvalue weighted by molar-refractivity contribution is -0.156. The number of benzene rings is 2. The zero-order chi connectivity index (χ0) is 31.2. The molecule has 2 aliphatic carbocycles. The summed E-state index contributed by atoms with van der Waals surface area (Å²) in [7, 11) is 1.82. The molecule has 2 aromatic heterocycles. The number of aliphatic hydroxyl groups is 2. The monoisotopic (exact) mass is 628 g/mol. The van der Waals surface area contributed by atoms with E-state index < -0.39 is 11.9 Å². The predicted molar refractivity (Wildman–Crippen MR) is 165 cm³/mol. The van der Waals surface area contributed by atoms with E-state index in [1.165, 1.54) is 29.5 Å². The molecule has 1 amide bonds. The molecule has 1 saturated carbocycles. The smallest absolute Gasteiger partial charge is 0.225 e. The van der Waals surface area contributed by atoms with Gasteiger partial charge < -0.3 is 24.9 Å². The van der Waals surface area contributed by atoms with Gasteiger partial charge in [-0.15, -0.1) is 0 Å². The first kappa shape index (κ1) is 28.3. The first-order valence-electron chi connectivity index (χ1n) is 15.1. The largest absolute Gasteiger partial charge is 0.393 e. The Morgan fingerprint density at radius 2 is 1.84 bits per heavy atom. The molecule has 2 N–H and O–H groups in total. The number of carbonyl (C=O) groups excluding carboxylic acids is 1. The van der Waals surface area contributed by atoms with Crippen LogP contribution in [0.1, 0.15) is 41.5 Å². The van der Waals surface area contributed by atoms with Crippen LogP contribution in [0, 0.1) is 34.3 Å². The number of thiazole rings is 1. The van der Waals surface area contributed by atoms with E-state index in [0.29, 0.717) is 89.9 Å². The fourth-order valence-electron chi connectivity index (χ4n) is 7.40. The molecule has 2 saturated heterocycles. The number of fused-ring (bicyclic) bond motifs is 2. The lowest BCUT2D eigenvalue weighted by Crippen LogP contribution is -2.73. The van der Waals surface area contributed by atoms with Crippen LogP contribution in [0.15, 0.2) is 36.4 Å². The van der Waals surface area contributed by atoms with Gasteiger partial charge in [-0.1, -0.05) is 11.3 Å². The fraction of sp³-hybridized carbons (Fsp3) is 0.394. The van der Waals surface area contributed by atoms with Crippen molar-refractivity contribution < 1.29 is 23.8 Å². The maximum absolute atomic E-state index is 15.9.